The van der Waals surface area contributed by atoms with E-state index < -0.39 is 5.97 Å². The normalized spacial score (nSPS) is 11.1. The first-order valence-electron chi connectivity index (χ1n) is 9.02. The van der Waals surface area contributed by atoms with Gasteiger partial charge in [-0.25, -0.2) is 4.79 Å². The molecule has 2 aromatic carbocycles. The van der Waals surface area contributed by atoms with Crippen molar-refractivity contribution >= 4 is 56.0 Å². The first kappa shape index (κ1) is 20.1. The largest absolute Gasteiger partial charge is 0.462 e. The fourth-order valence-electron chi connectivity index (χ4n) is 2.65. The number of carbonyl (C=O) groups is 2. The number of ether oxygens (including phenoxy) is 1. The van der Waals surface area contributed by atoms with E-state index in [1.807, 2.05) is 49.4 Å². The molecule has 1 aromatic heterocycles. The van der Waals surface area contributed by atoms with Crippen LogP contribution in [0.25, 0.3) is 16.2 Å². The smallest absolute Gasteiger partial charge is 0.341 e. The topological polar surface area (TPSA) is 55.4 Å². The van der Waals surface area contributed by atoms with Crippen LogP contribution >= 0.6 is 22.9 Å². The minimum atomic E-state index is -0.420. The molecule has 3 aromatic rings. The van der Waals surface area contributed by atoms with E-state index in [1.54, 1.807) is 12.1 Å². The molecule has 0 aliphatic carbocycles. The number of unbranched alkanes of at least 4 members (excludes halogenated alkanes) is 1. The van der Waals surface area contributed by atoms with Gasteiger partial charge in [0, 0.05) is 21.2 Å². The van der Waals surface area contributed by atoms with E-state index in [4.69, 9.17) is 16.3 Å². The van der Waals surface area contributed by atoms with E-state index in [9.17, 15) is 9.59 Å². The lowest BCUT2D eigenvalue weighted by Crippen LogP contribution is -2.12. The predicted octanol–water partition coefficient (Wildman–Crippen LogP) is 6.16. The molecule has 0 radical (unpaired) electrons. The zero-order valence-electron chi connectivity index (χ0n) is 15.4. The second-order valence-corrected chi connectivity index (χ2v) is 7.60. The van der Waals surface area contributed by atoms with Gasteiger partial charge in [-0.2, -0.15) is 0 Å². The Morgan fingerprint density at radius 1 is 1.14 bits per heavy atom. The molecule has 1 amide bonds. The number of benzene rings is 2. The number of anilines is 1. The Morgan fingerprint density at radius 2 is 1.89 bits per heavy atom. The van der Waals surface area contributed by atoms with Crippen molar-refractivity contribution in [2.75, 3.05) is 11.9 Å². The summed E-state index contributed by atoms with van der Waals surface area (Å²) < 4.78 is 6.30. The zero-order valence-corrected chi connectivity index (χ0v) is 17.0. The highest BCUT2D eigenvalue weighted by Crippen LogP contribution is 2.36. The lowest BCUT2D eigenvalue weighted by Gasteiger charge is -2.06. The van der Waals surface area contributed by atoms with Crippen LogP contribution in [0, 0.1) is 0 Å². The van der Waals surface area contributed by atoms with Gasteiger partial charge in [0.1, 0.15) is 10.6 Å². The van der Waals surface area contributed by atoms with Crippen molar-refractivity contribution in [1.29, 1.82) is 0 Å². The summed E-state index contributed by atoms with van der Waals surface area (Å²) in [5.74, 6) is -0.759. The van der Waals surface area contributed by atoms with Crippen LogP contribution < -0.4 is 5.32 Å². The number of halogens is 1. The van der Waals surface area contributed by atoms with Crippen molar-refractivity contribution in [3.05, 3.63) is 70.8 Å². The molecule has 0 fully saturated rings. The highest BCUT2D eigenvalue weighted by Gasteiger charge is 2.21. The van der Waals surface area contributed by atoms with E-state index in [0.717, 1.165) is 28.5 Å². The Hall–Kier alpha value is -2.63. The van der Waals surface area contributed by atoms with Gasteiger partial charge >= 0.3 is 5.97 Å². The molecule has 28 heavy (non-hydrogen) atoms. The molecule has 0 aliphatic rings. The summed E-state index contributed by atoms with van der Waals surface area (Å²) in [4.78, 5) is 25.0. The first-order valence-corrected chi connectivity index (χ1v) is 10.2. The number of fused-ring (bicyclic) bond motifs is 1. The van der Waals surface area contributed by atoms with Crippen molar-refractivity contribution in [3.8, 4) is 0 Å². The van der Waals surface area contributed by atoms with Crippen molar-refractivity contribution in [2.45, 2.75) is 19.8 Å². The van der Waals surface area contributed by atoms with E-state index in [0.29, 0.717) is 22.2 Å². The highest BCUT2D eigenvalue weighted by atomic mass is 35.5. The van der Waals surface area contributed by atoms with Gasteiger partial charge in [-0.1, -0.05) is 61.3 Å². The van der Waals surface area contributed by atoms with Gasteiger partial charge in [-0.05, 0) is 30.2 Å². The van der Waals surface area contributed by atoms with Gasteiger partial charge < -0.3 is 10.1 Å². The average Bonchev–Trinajstić information content (AvgIpc) is 3.05. The van der Waals surface area contributed by atoms with Crippen LogP contribution in [0.4, 0.5) is 5.00 Å². The molecule has 4 nitrogen and oxygen atoms in total. The van der Waals surface area contributed by atoms with Crippen LogP contribution in [-0.4, -0.2) is 18.5 Å². The second kappa shape index (κ2) is 9.53. The van der Waals surface area contributed by atoms with Gasteiger partial charge in [-0.3, -0.25) is 4.79 Å². The number of hydrogen-bond acceptors (Lipinski definition) is 4. The van der Waals surface area contributed by atoms with Crippen LogP contribution in [0.2, 0.25) is 5.02 Å². The van der Waals surface area contributed by atoms with Crippen LogP contribution in [-0.2, 0) is 9.53 Å². The molecular weight excluding hydrogens is 394 g/mol. The fourth-order valence-corrected chi connectivity index (χ4v) is 3.94. The summed E-state index contributed by atoms with van der Waals surface area (Å²) in [6.45, 7) is 2.39. The minimum Gasteiger partial charge on any atom is -0.462 e. The van der Waals surface area contributed by atoms with Gasteiger partial charge in [0.05, 0.1) is 6.61 Å². The summed E-state index contributed by atoms with van der Waals surface area (Å²) in [5, 5.41) is 4.63. The number of esters is 1. The summed E-state index contributed by atoms with van der Waals surface area (Å²) >= 11 is 7.46. The maximum atomic E-state index is 12.6. The molecule has 0 aliphatic heterocycles. The number of rotatable bonds is 7. The molecular formula is C22H20ClNO3S. The van der Waals surface area contributed by atoms with Gasteiger partial charge in [0.25, 0.3) is 0 Å². The van der Waals surface area contributed by atoms with Crippen molar-refractivity contribution in [2.24, 2.45) is 0 Å². The predicted molar refractivity (Wildman–Crippen MR) is 116 cm³/mol. The summed E-state index contributed by atoms with van der Waals surface area (Å²) in [6.07, 6.45) is 4.78. The number of nitrogens with one attached hydrogen (secondary N) is 1. The van der Waals surface area contributed by atoms with E-state index in [2.05, 4.69) is 5.32 Å². The van der Waals surface area contributed by atoms with E-state index in [1.165, 1.54) is 17.4 Å². The number of hydrogen-bond donors (Lipinski definition) is 1. The molecule has 0 atom stereocenters. The fraction of sp³-hybridized carbons (Fsp3) is 0.182. The van der Waals surface area contributed by atoms with Crippen LogP contribution in [0.5, 0.6) is 0 Å². The average molecular weight is 414 g/mol. The van der Waals surface area contributed by atoms with Crippen molar-refractivity contribution in [3.63, 3.8) is 0 Å². The van der Waals surface area contributed by atoms with Crippen molar-refractivity contribution < 1.29 is 14.3 Å². The Balaban J connectivity index is 1.83. The standard InChI is InChI=1S/C22H20ClNO3S/c1-2-3-14-27-22(26)20-16-9-5-7-11-18(16)28-21(20)24-19(25)13-12-15-8-4-6-10-17(15)23/h4-13H,2-3,14H2,1H3,(H,24,25). The molecule has 6 heteroatoms. The Bertz CT molecular complexity index is 1030. The molecule has 1 heterocycles. The number of carbonyl (C=O) groups excluding carboxylic acids is 2. The van der Waals surface area contributed by atoms with Gasteiger partial charge in [-0.15, -0.1) is 11.3 Å². The minimum absolute atomic E-state index is 0.339. The maximum absolute atomic E-state index is 12.6. The van der Waals surface area contributed by atoms with E-state index >= 15 is 0 Å². The molecule has 0 spiro atoms. The highest BCUT2D eigenvalue weighted by molar-refractivity contribution is 7.23. The summed E-state index contributed by atoms with van der Waals surface area (Å²) in [5.41, 5.74) is 1.14. The number of thiophene rings is 1. The third-order valence-corrected chi connectivity index (χ3v) is 5.52. The Labute approximate surface area is 172 Å². The van der Waals surface area contributed by atoms with Crippen molar-refractivity contribution in [1.82, 2.24) is 0 Å². The van der Waals surface area contributed by atoms with Crippen LogP contribution in [0.1, 0.15) is 35.7 Å². The molecule has 144 valence electrons. The Kier molecular flexibility index (Phi) is 6.85. The maximum Gasteiger partial charge on any atom is 0.341 e. The second-order valence-electron chi connectivity index (χ2n) is 6.14. The van der Waals surface area contributed by atoms with Gasteiger partial charge in [0.2, 0.25) is 5.91 Å². The molecule has 3 rings (SSSR count). The molecule has 0 unspecified atom stereocenters. The molecule has 0 saturated carbocycles. The molecule has 0 saturated heterocycles. The monoisotopic (exact) mass is 413 g/mol. The van der Waals surface area contributed by atoms with Crippen LogP contribution in [0.3, 0.4) is 0 Å². The third kappa shape index (κ3) is 4.80. The molecule has 1 N–H and O–H groups in total. The lowest BCUT2D eigenvalue weighted by molar-refractivity contribution is -0.111. The Morgan fingerprint density at radius 3 is 2.68 bits per heavy atom. The first-order chi connectivity index (χ1) is 13.6. The summed E-state index contributed by atoms with van der Waals surface area (Å²) in [7, 11) is 0. The summed E-state index contributed by atoms with van der Waals surface area (Å²) in [6, 6.07) is 14.8. The quantitative estimate of drug-likeness (QED) is 0.286. The number of amides is 1. The van der Waals surface area contributed by atoms with Gasteiger partial charge in [0.15, 0.2) is 0 Å². The SMILES string of the molecule is CCCCOC(=O)c1c(NC(=O)C=Cc2ccccc2Cl)sc2ccccc12. The van der Waals surface area contributed by atoms with E-state index in [-0.39, 0.29) is 5.91 Å². The van der Waals surface area contributed by atoms with Crippen LogP contribution in [0.15, 0.2) is 54.6 Å². The lowest BCUT2D eigenvalue weighted by atomic mass is 10.1. The zero-order chi connectivity index (χ0) is 19.9. The molecule has 0 bridgehead atoms. The third-order valence-electron chi connectivity index (χ3n) is 4.09.